The van der Waals surface area contributed by atoms with Gasteiger partial charge < -0.3 is 40.2 Å². The summed E-state index contributed by atoms with van der Waals surface area (Å²) >= 11 is 0. The van der Waals surface area contributed by atoms with Crippen LogP contribution in [0.25, 0.3) is 0 Å². The zero-order chi connectivity index (χ0) is 25.2. The van der Waals surface area contributed by atoms with E-state index in [1.807, 2.05) is 7.05 Å². The molecule has 0 aromatic rings. The number of carbonyl (C=O) groups is 3. The lowest BCUT2D eigenvalue weighted by molar-refractivity contribution is -0.116. The van der Waals surface area contributed by atoms with Gasteiger partial charge in [0.15, 0.2) is 0 Å². The van der Waals surface area contributed by atoms with Crippen LogP contribution in [-0.2, 0) is 33.3 Å². The van der Waals surface area contributed by atoms with Crippen molar-refractivity contribution in [1.29, 1.82) is 0 Å². The Kier molecular flexibility index (Phi) is 22.6. The molecule has 0 saturated heterocycles. The number of hydrogen-bond acceptors (Lipinski definition) is 8. The average Bonchev–Trinajstić information content (AvgIpc) is 2.85. The second-order valence-corrected chi connectivity index (χ2v) is 7.87. The highest BCUT2D eigenvalue weighted by Gasteiger charge is 2.32. The van der Waals surface area contributed by atoms with Crippen LogP contribution in [0.1, 0.15) is 25.7 Å². The zero-order valence-electron chi connectivity index (χ0n) is 20.6. The van der Waals surface area contributed by atoms with Gasteiger partial charge in [0.25, 0.3) is 0 Å². The molecule has 0 rings (SSSR count). The Morgan fingerprint density at radius 3 is 1.53 bits per heavy atom. The Morgan fingerprint density at radius 1 is 0.735 bits per heavy atom. The Hall–Kier alpha value is -2.05. The summed E-state index contributed by atoms with van der Waals surface area (Å²) in [6.07, 6.45) is 5.51. The number of ether oxygens (including phenoxy) is 4. The van der Waals surface area contributed by atoms with E-state index in [1.165, 1.54) is 6.08 Å². The lowest BCUT2D eigenvalue weighted by Gasteiger charge is -2.33. The van der Waals surface area contributed by atoms with Gasteiger partial charge in [0, 0.05) is 46.1 Å². The fourth-order valence-corrected chi connectivity index (χ4v) is 2.88. The molecular formula is C23H44N4O7. The summed E-state index contributed by atoms with van der Waals surface area (Å²) in [5, 5.41) is 11.1. The third-order valence-corrected chi connectivity index (χ3v) is 4.68. The van der Waals surface area contributed by atoms with Crippen LogP contribution in [-0.4, -0.2) is 105 Å². The molecule has 0 aromatic carbocycles. The molecule has 11 heteroatoms. The first-order chi connectivity index (χ1) is 16.6. The minimum atomic E-state index is -0.514. The second-order valence-electron chi connectivity index (χ2n) is 7.87. The van der Waals surface area contributed by atoms with Crippen LogP contribution in [0.2, 0.25) is 0 Å². The van der Waals surface area contributed by atoms with Gasteiger partial charge in [0.05, 0.1) is 31.8 Å². The maximum atomic E-state index is 11.3. The fourth-order valence-electron chi connectivity index (χ4n) is 2.88. The molecule has 0 saturated carbocycles. The normalized spacial score (nSPS) is 11.1. The third-order valence-electron chi connectivity index (χ3n) is 4.68. The van der Waals surface area contributed by atoms with Gasteiger partial charge in [-0.1, -0.05) is 6.58 Å². The van der Waals surface area contributed by atoms with Crippen molar-refractivity contribution in [2.24, 2.45) is 5.41 Å². The van der Waals surface area contributed by atoms with Crippen LogP contribution in [0.4, 0.5) is 0 Å². The molecule has 34 heavy (non-hydrogen) atoms. The van der Waals surface area contributed by atoms with E-state index >= 15 is 0 Å². The van der Waals surface area contributed by atoms with E-state index in [0.717, 1.165) is 13.0 Å². The van der Waals surface area contributed by atoms with Crippen molar-refractivity contribution in [2.75, 3.05) is 86.1 Å². The predicted molar refractivity (Wildman–Crippen MR) is 129 cm³/mol. The standard InChI is InChI=1S/C23H44N4O7/c1-3-22(30)27-11-7-15-34-19-23(16-31-12-4-8-24-2,17-32-13-5-9-25-20-28)18-33-14-6-10-26-21-29/h3,20-21,24H,1,4-19H2,2H3,(H,25,28)(H,26,29)(H,27,30). The molecule has 0 bridgehead atoms. The van der Waals surface area contributed by atoms with Crippen molar-refractivity contribution < 1.29 is 33.3 Å². The van der Waals surface area contributed by atoms with Gasteiger partial charge in [-0.2, -0.15) is 0 Å². The summed E-state index contributed by atoms with van der Waals surface area (Å²) in [5.74, 6) is -0.209. The first-order valence-electron chi connectivity index (χ1n) is 11.8. The molecule has 0 heterocycles. The number of rotatable bonds is 27. The molecule has 0 atom stereocenters. The van der Waals surface area contributed by atoms with Crippen molar-refractivity contribution in [3.8, 4) is 0 Å². The molecular weight excluding hydrogens is 444 g/mol. The Morgan fingerprint density at radius 2 is 1.15 bits per heavy atom. The fraction of sp³-hybridized carbons (Fsp3) is 0.783. The summed E-state index contributed by atoms with van der Waals surface area (Å²) in [5.41, 5.74) is -0.514. The van der Waals surface area contributed by atoms with Crippen molar-refractivity contribution in [3.63, 3.8) is 0 Å². The number of carbonyl (C=O) groups excluding carboxylic acids is 3. The topological polar surface area (TPSA) is 136 Å². The summed E-state index contributed by atoms with van der Waals surface area (Å²) in [6.45, 7) is 9.44. The minimum absolute atomic E-state index is 0.209. The van der Waals surface area contributed by atoms with Crippen LogP contribution < -0.4 is 21.3 Å². The Labute approximate surface area is 203 Å². The quantitative estimate of drug-likeness (QED) is 0.0698. The van der Waals surface area contributed by atoms with Crippen LogP contribution >= 0.6 is 0 Å². The number of amides is 3. The van der Waals surface area contributed by atoms with E-state index in [1.54, 1.807) is 0 Å². The Balaban J connectivity index is 4.82. The van der Waals surface area contributed by atoms with Gasteiger partial charge >= 0.3 is 0 Å². The van der Waals surface area contributed by atoms with Crippen molar-refractivity contribution in [1.82, 2.24) is 21.3 Å². The molecule has 198 valence electrons. The molecule has 0 aliphatic heterocycles. The summed E-state index contributed by atoms with van der Waals surface area (Å²) in [4.78, 5) is 32.0. The maximum Gasteiger partial charge on any atom is 0.243 e. The van der Waals surface area contributed by atoms with Gasteiger partial charge in [0.2, 0.25) is 18.7 Å². The van der Waals surface area contributed by atoms with Crippen LogP contribution in [0.15, 0.2) is 12.7 Å². The molecule has 4 N–H and O–H groups in total. The molecule has 0 aliphatic carbocycles. The van der Waals surface area contributed by atoms with E-state index in [0.29, 0.717) is 105 Å². The summed E-state index contributed by atoms with van der Waals surface area (Å²) in [7, 11) is 1.90. The third kappa shape index (κ3) is 19.4. The van der Waals surface area contributed by atoms with E-state index in [4.69, 9.17) is 18.9 Å². The smallest absolute Gasteiger partial charge is 0.243 e. The predicted octanol–water partition coefficient (Wildman–Crippen LogP) is -0.387. The van der Waals surface area contributed by atoms with Crippen LogP contribution in [0.3, 0.4) is 0 Å². The zero-order valence-corrected chi connectivity index (χ0v) is 20.6. The van der Waals surface area contributed by atoms with E-state index < -0.39 is 5.41 Å². The van der Waals surface area contributed by atoms with Gasteiger partial charge in [-0.3, -0.25) is 14.4 Å². The first-order valence-corrected chi connectivity index (χ1v) is 11.8. The highest BCUT2D eigenvalue weighted by atomic mass is 16.5. The minimum Gasteiger partial charge on any atom is -0.381 e. The average molecular weight is 489 g/mol. The van der Waals surface area contributed by atoms with Gasteiger partial charge in [-0.15, -0.1) is 0 Å². The molecule has 0 spiro atoms. The van der Waals surface area contributed by atoms with Crippen molar-refractivity contribution >= 4 is 18.7 Å². The molecule has 3 amide bonds. The van der Waals surface area contributed by atoms with Gasteiger partial charge in [-0.05, 0) is 45.4 Å². The number of hydrogen-bond donors (Lipinski definition) is 4. The SMILES string of the molecule is C=CC(=O)NCCCOCC(COCCCNC)(COCCCNC=O)COCCCNC=O. The lowest BCUT2D eigenvalue weighted by atomic mass is 9.92. The largest absolute Gasteiger partial charge is 0.381 e. The van der Waals surface area contributed by atoms with Crippen molar-refractivity contribution in [2.45, 2.75) is 25.7 Å². The van der Waals surface area contributed by atoms with Crippen LogP contribution in [0.5, 0.6) is 0 Å². The van der Waals surface area contributed by atoms with Gasteiger partial charge in [-0.25, -0.2) is 0 Å². The van der Waals surface area contributed by atoms with Crippen molar-refractivity contribution in [3.05, 3.63) is 12.7 Å². The molecule has 0 radical (unpaired) electrons. The highest BCUT2D eigenvalue weighted by Crippen LogP contribution is 2.21. The van der Waals surface area contributed by atoms with E-state index in [9.17, 15) is 14.4 Å². The summed E-state index contributed by atoms with van der Waals surface area (Å²) < 4.78 is 23.7. The molecule has 0 unspecified atom stereocenters. The lowest BCUT2D eigenvalue weighted by Crippen LogP contribution is -2.42. The maximum absolute atomic E-state index is 11.3. The van der Waals surface area contributed by atoms with E-state index in [2.05, 4.69) is 27.8 Å². The molecule has 11 nitrogen and oxygen atoms in total. The molecule has 0 aliphatic rings. The molecule has 0 aromatic heterocycles. The highest BCUT2D eigenvalue weighted by molar-refractivity contribution is 5.86. The number of nitrogens with one attached hydrogen (secondary N) is 4. The van der Waals surface area contributed by atoms with Crippen LogP contribution in [0, 0.1) is 5.41 Å². The monoisotopic (exact) mass is 488 g/mol. The first kappa shape index (κ1) is 31.9. The Bertz CT molecular complexity index is 504. The van der Waals surface area contributed by atoms with E-state index in [-0.39, 0.29) is 5.91 Å². The second kappa shape index (κ2) is 24.1. The summed E-state index contributed by atoms with van der Waals surface area (Å²) in [6, 6.07) is 0. The molecule has 0 fully saturated rings. The van der Waals surface area contributed by atoms with Gasteiger partial charge in [0.1, 0.15) is 0 Å².